The molecule has 1 aliphatic carbocycles. The first-order valence-electron chi connectivity index (χ1n) is 10.1. The highest BCUT2D eigenvalue weighted by Crippen LogP contribution is 2.28. The topological polar surface area (TPSA) is 94.5 Å². The second-order valence-electron chi connectivity index (χ2n) is 7.47. The molecule has 4 rings (SSSR count). The van der Waals surface area contributed by atoms with Gasteiger partial charge >= 0.3 is 0 Å². The molecule has 2 heterocycles. The zero-order chi connectivity index (χ0) is 20.2. The van der Waals surface area contributed by atoms with Crippen LogP contribution in [0.5, 0.6) is 5.75 Å². The minimum atomic E-state index is -0.488. The average Bonchev–Trinajstić information content (AvgIpc) is 2.75. The highest BCUT2D eigenvalue weighted by molar-refractivity contribution is 5.99. The summed E-state index contributed by atoms with van der Waals surface area (Å²) in [7, 11) is 0. The monoisotopic (exact) mass is 390 g/mol. The van der Waals surface area contributed by atoms with Gasteiger partial charge in [-0.3, -0.25) is 4.79 Å². The van der Waals surface area contributed by atoms with Crippen LogP contribution in [-0.4, -0.2) is 30.0 Å². The summed E-state index contributed by atoms with van der Waals surface area (Å²) in [6.07, 6.45) is 10.1. The molecule has 1 aromatic heterocycles. The molecular weight excluding hydrogens is 364 g/mol. The quantitative estimate of drug-likeness (QED) is 0.816. The van der Waals surface area contributed by atoms with Gasteiger partial charge in [-0.1, -0.05) is 6.08 Å². The van der Waals surface area contributed by atoms with Crippen molar-refractivity contribution in [1.29, 1.82) is 0 Å². The van der Waals surface area contributed by atoms with Crippen molar-refractivity contribution in [3.8, 4) is 17.0 Å². The molecule has 6 nitrogen and oxygen atoms in total. The minimum Gasteiger partial charge on any atom is -0.458 e. The van der Waals surface area contributed by atoms with Gasteiger partial charge in [-0.2, -0.15) is 0 Å². The van der Waals surface area contributed by atoms with E-state index in [1.807, 2.05) is 36.4 Å². The van der Waals surface area contributed by atoms with Crippen LogP contribution >= 0.6 is 0 Å². The SMILES string of the molecule is NC(=O)c1ccc(N2CCC(N)CC2)nc1-c1ccc(OC2=CCCC=C2)cc1. The lowest BCUT2D eigenvalue weighted by molar-refractivity contribution is 0.100. The molecule has 0 radical (unpaired) electrons. The van der Waals surface area contributed by atoms with E-state index in [1.165, 1.54) is 0 Å². The Hall–Kier alpha value is -3.12. The predicted octanol–water partition coefficient (Wildman–Crippen LogP) is 3.39. The number of piperidine rings is 1. The number of nitrogens with zero attached hydrogens (tertiary/aromatic N) is 2. The van der Waals surface area contributed by atoms with Crippen LogP contribution in [0.2, 0.25) is 0 Å². The molecule has 2 aliphatic rings. The molecule has 29 heavy (non-hydrogen) atoms. The van der Waals surface area contributed by atoms with Gasteiger partial charge in [0.25, 0.3) is 5.91 Å². The fraction of sp³-hybridized carbons (Fsp3) is 0.304. The summed E-state index contributed by atoms with van der Waals surface area (Å²) in [5, 5.41) is 0. The largest absolute Gasteiger partial charge is 0.458 e. The molecule has 0 spiro atoms. The Labute approximate surface area is 170 Å². The van der Waals surface area contributed by atoms with E-state index in [4.69, 9.17) is 21.2 Å². The van der Waals surface area contributed by atoms with Gasteiger partial charge in [0.05, 0.1) is 11.3 Å². The van der Waals surface area contributed by atoms with Crippen LogP contribution in [0, 0.1) is 0 Å². The van der Waals surface area contributed by atoms with E-state index in [-0.39, 0.29) is 6.04 Å². The van der Waals surface area contributed by atoms with Crippen molar-refractivity contribution in [1.82, 2.24) is 4.98 Å². The van der Waals surface area contributed by atoms with E-state index in [0.717, 1.165) is 61.7 Å². The van der Waals surface area contributed by atoms with Crippen molar-refractivity contribution in [3.63, 3.8) is 0 Å². The number of rotatable bonds is 5. The number of benzene rings is 1. The highest BCUT2D eigenvalue weighted by atomic mass is 16.5. The van der Waals surface area contributed by atoms with E-state index < -0.39 is 5.91 Å². The van der Waals surface area contributed by atoms with Crippen LogP contribution in [0.4, 0.5) is 5.82 Å². The third-order valence-corrected chi connectivity index (χ3v) is 5.33. The fourth-order valence-electron chi connectivity index (χ4n) is 3.65. The molecule has 4 N–H and O–H groups in total. The molecule has 6 heteroatoms. The fourth-order valence-corrected chi connectivity index (χ4v) is 3.65. The number of carbonyl (C=O) groups is 1. The van der Waals surface area contributed by atoms with Crippen molar-refractivity contribution in [3.05, 3.63) is 65.9 Å². The summed E-state index contributed by atoms with van der Waals surface area (Å²) < 4.78 is 5.89. The summed E-state index contributed by atoms with van der Waals surface area (Å²) in [4.78, 5) is 19.0. The Kier molecular flexibility index (Phi) is 5.62. The van der Waals surface area contributed by atoms with Crippen LogP contribution in [0.25, 0.3) is 11.3 Å². The van der Waals surface area contributed by atoms with E-state index in [0.29, 0.717) is 11.3 Å². The lowest BCUT2D eigenvalue weighted by Gasteiger charge is -2.31. The number of anilines is 1. The summed E-state index contributed by atoms with van der Waals surface area (Å²) in [5.41, 5.74) is 13.4. The predicted molar refractivity (Wildman–Crippen MR) is 115 cm³/mol. The van der Waals surface area contributed by atoms with E-state index in [1.54, 1.807) is 6.07 Å². The van der Waals surface area contributed by atoms with E-state index in [9.17, 15) is 4.79 Å². The van der Waals surface area contributed by atoms with Gasteiger partial charge in [-0.15, -0.1) is 0 Å². The van der Waals surface area contributed by atoms with Crippen LogP contribution < -0.4 is 21.1 Å². The molecule has 0 saturated carbocycles. The van der Waals surface area contributed by atoms with E-state index in [2.05, 4.69) is 17.1 Å². The molecule has 0 unspecified atom stereocenters. The Balaban J connectivity index is 1.60. The Bertz CT molecular complexity index is 942. The molecule has 0 bridgehead atoms. The standard InChI is InChI=1S/C23H26N4O2/c24-17-12-14-27(15-13-17)21-11-10-20(23(25)28)22(26-21)16-6-8-19(9-7-16)29-18-4-2-1-3-5-18/h2,4-11,17H,1,3,12-15,24H2,(H2,25,28). The zero-order valence-corrected chi connectivity index (χ0v) is 16.4. The van der Waals surface area contributed by atoms with Crippen LogP contribution in [-0.2, 0) is 0 Å². The molecule has 2 aromatic rings. The summed E-state index contributed by atoms with van der Waals surface area (Å²) in [6.45, 7) is 1.72. The molecule has 1 fully saturated rings. The van der Waals surface area contributed by atoms with E-state index >= 15 is 0 Å². The third-order valence-electron chi connectivity index (χ3n) is 5.33. The van der Waals surface area contributed by atoms with Crippen molar-refractivity contribution in [2.24, 2.45) is 11.5 Å². The number of hydrogen-bond acceptors (Lipinski definition) is 5. The first kappa shape index (κ1) is 19.2. The average molecular weight is 390 g/mol. The van der Waals surface area contributed by atoms with Gasteiger partial charge in [-0.25, -0.2) is 4.98 Å². The molecule has 1 aliphatic heterocycles. The Morgan fingerprint density at radius 2 is 1.83 bits per heavy atom. The summed E-state index contributed by atoms with van der Waals surface area (Å²) >= 11 is 0. The maximum atomic E-state index is 12.0. The number of ether oxygens (including phenoxy) is 1. The highest BCUT2D eigenvalue weighted by Gasteiger charge is 2.20. The van der Waals surface area contributed by atoms with Crippen molar-refractivity contribution in [2.45, 2.75) is 31.7 Å². The second kappa shape index (κ2) is 8.49. The number of allylic oxidation sites excluding steroid dienone is 3. The number of aromatic nitrogens is 1. The van der Waals surface area contributed by atoms with Gasteiger partial charge in [-0.05, 0) is 74.2 Å². The molecular formula is C23H26N4O2. The number of nitrogens with two attached hydrogens (primary N) is 2. The molecule has 0 atom stereocenters. The van der Waals surface area contributed by atoms with Crippen LogP contribution in [0.3, 0.4) is 0 Å². The van der Waals surface area contributed by atoms with Gasteiger partial charge in [0.1, 0.15) is 17.3 Å². The van der Waals surface area contributed by atoms with Gasteiger partial charge < -0.3 is 21.1 Å². The number of carbonyl (C=O) groups excluding carboxylic acids is 1. The van der Waals surface area contributed by atoms with Crippen molar-refractivity contribution in [2.75, 3.05) is 18.0 Å². The second-order valence-corrected chi connectivity index (χ2v) is 7.47. The third kappa shape index (κ3) is 4.49. The molecule has 150 valence electrons. The first-order valence-corrected chi connectivity index (χ1v) is 10.1. The van der Waals surface area contributed by atoms with Crippen LogP contribution in [0.1, 0.15) is 36.0 Å². The minimum absolute atomic E-state index is 0.247. The normalized spacial score (nSPS) is 17.1. The molecule has 1 amide bonds. The number of hydrogen-bond donors (Lipinski definition) is 2. The van der Waals surface area contributed by atoms with Crippen molar-refractivity contribution >= 4 is 11.7 Å². The Morgan fingerprint density at radius 1 is 1.07 bits per heavy atom. The zero-order valence-electron chi connectivity index (χ0n) is 16.4. The van der Waals surface area contributed by atoms with Gasteiger partial charge in [0.2, 0.25) is 0 Å². The summed E-state index contributed by atoms with van der Waals surface area (Å²) in [5.74, 6) is 1.95. The lowest BCUT2D eigenvalue weighted by atomic mass is 10.0. The van der Waals surface area contributed by atoms with Gasteiger partial charge in [0, 0.05) is 24.7 Å². The lowest BCUT2D eigenvalue weighted by Crippen LogP contribution is -2.40. The van der Waals surface area contributed by atoms with Gasteiger partial charge in [0.15, 0.2) is 0 Å². The number of amides is 1. The number of primary amides is 1. The molecule has 1 saturated heterocycles. The van der Waals surface area contributed by atoms with Crippen LogP contribution in [0.15, 0.2) is 60.4 Å². The first-order chi connectivity index (χ1) is 14.1. The molecule has 1 aromatic carbocycles. The maximum absolute atomic E-state index is 12.0. The maximum Gasteiger partial charge on any atom is 0.250 e. The smallest absolute Gasteiger partial charge is 0.250 e. The Morgan fingerprint density at radius 3 is 2.48 bits per heavy atom. The number of pyridine rings is 1. The summed E-state index contributed by atoms with van der Waals surface area (Å²) in [6, 6.07) is 11.5. The van der Waals surface area contributed by atoms with Crippen molar-refractivity contribution < 1.29 is 9.53 Å².